The van der Waals surface area contributed by atoms with E-state index in [1.807, 2.05) is 12.1 Å². The number of nitrogens with zero attached hydrogens (tertiary/aromatic N) is 2. The molecule has 4 rings (SSSR count). The normalized spacial score (nSPS) is 20.8. The van der Waals surface area contributed by atoms with Gasteiger partial charge in [-0.15, -0.1) is 0 Å². The first-order valence-corrected chi connectivity index (χ1v) is 9.67. The summed E-state index contributed by atoms with van der Waals surface area (Å²) < 4.78 is 0. The fraction of sp³-hybridized carbons (Fsp3) is 0.318. The number of nitrogens with one attached hydrogen (secondary N) is 1. The highest BCUT2D eigenvalue weighted by molar-refractivity contribution is 6.30. The summed E-state index contributed by atoms with van der Waals surface area (Å²) >= 11 is 6.09. The Balaban J connectivity index is 2.00. The van der Waals surface area contributed by atoms with E-state index in [1.165, 1.54) is 6.92 Å². The van der Waals surface area contributed by atoms with Crippen molar-refractivity contribution in [1.82, 2.24) is 4.98 Å². The van der Waals surface area contributed by atoms with Gasteiger partial charge in [0.1, 0.15) is 0 Å². The Morgan fingerprint density at radius 1 is 1.21 bits per heavy atom. The maximum atomic E-state index is 13.3. The Morgan fingerprint density at radius 2 is 1.93 bits per heavy atom. The van der Waals surface area contributed by atoms with Crippen LogP contribution in [0.25, 0.3) is 0 Å². The average Bonchev–Trinajstić information content (AvgIpc) is 2.75. The van der Waals surface area contributed by atoms with Gasteiger partial charge < -0.3 is 5.32 Å². The Labute approximate surface area is 169 Å². The van der Waals surface area contributed by atoms with Crippen molar-refractivity contribution >= 4 is 34.7 Å². The lowest BCUT2D eigenvalue weighted by Gasteiger charge is -2.36. The largest absolute Gasteiger partial charge is 0.356 e. The third kappa shape index (κ3) is 3.20. The van der Waals surface area contributed by atoms with Gasteiger partial charge in [-0.3, -0.25) is 19.5 Å². The predicted molar refractivity (Wildman–Crippen MR) is 110 cm³/mol. The molecule has 144 valence electrons. The van der Waals surface area contributed by atoms with Crippen molar-refractivity contribution in [2.24, 2.45) is 5.41 Å². The Morgan fingerprint density at radius 3 is 2.61 bits per heavy atom. The molecule has 1 aliphatic heterocycles. The van der Waals surface area contributed by atoms with Crippen LogP contribution in [0.15, 0.2) is 54.0 Å². The summed E-state index contributed by atoms with van der Waals surface area (Å²) in [7, 11) is 0. The van der Waals surface area contributed by atoms with Crippen LogP contribution in [-0.2, 0) is 9.59 Å². The third-order valence-corrected chi connectivity index (χ3v) is 5.57. The fourth-order valence-electron chi connectivity index (χ4n) is 4.20. The number of halogens is 1. The molecular formula is C22H22ClN3O2. The number of carbonyl (C=O) groups excluding carboxylic acids is 2. The molecule has 1 aromatic carbocycles. The van der Waals surface area contributed by atoms with E-state index >= 15 is 0 Å². The van der Waals surface area contributed by atoms with Crippen LogP contribution in [0.2, 0.25) is 5.02 Å². The molecule has 1 atom stereocenters. The Hall–Kier alpha value is -2.66. The van der Waals surface area contributed by atoms with E-state index in [1.54, 1.807) is 35.5 Å². The summed E-state index contributed by atoms with van der Waals surface area (Å²) in [5.74, 6) is -0.0775. The molecule has 2 heterocycles. The molecule has 0 saturated heterocycles. The lowest BCUT2D eigenvalue weighted by Crippen LogP contribution is -2.38. The van der Waals surface area contributed by atoms with Gasteiger partial charge in [0.05, 0.1) is 23.6 Å². The molecule has 1 N–H and O–H groups in total. The van der Waals surface area contributed by atoms with Crippen molar-refractivity contribution in [2.45, 2.75) is 39.7 Å². The summed E-state index contributed by atoms with van der Waals surface area (Å²) in [6, 6.07) is 8.64. The molecule has 1 aromatic heterocycles. The predicted octanol–water partition coefficient (Wildman–Crippen LogP) is 4.90. The van der Waals surface area contributed by atoms with Crippen molar-refractivity contribution < 1.29 is 9.59 Å². The maximum absolute atomic E-state index is 13.3. The second-order valence-electron chi connectivity index (χ2n) is 8.19. The quantitative estimate of drug-likeness (QED) is 0.746. The standard InChI is InChI=1S/C22H22ClN3O2/c1-13(27)26-18-8-9-24-12-17(18)25-16-10-22(2,3)11-19(28)20(16)21(26)14-4-6-15(23)7-5-14/h4-9,12,21,25H,10-11H2,1-3H3. The van der Waals surface area contributed by atoms with Crippen LogP contribution in [0, 0.1) is 5.41 Å². The minimum absolute atomic E-state index is 0.0608. The van der Waals surface area contributed by atoms with Gasteiger partial charge in [-0.2, -0.15) is 0 Å². The smallest absolute Gasteiger partial charge is 0.224 e. The van der Waals surface area contributed by atoms with Gasteiger partial charge in [0.25, 0.3) is 0 Å². The van der Waals surface area contributed by atoms with Crippen molar-refractivity contribution in [1.29, 1.82) is 0 Å². The second-order valence-corrected chi connectivity index (χ2v) is 8.63. The molecule has 0 radical (unpaired) electrons. The van der Waals surface area contributed by atoms with Gasteiger partial charge in [0, 0.05) is 35.8 Å². The first-order chi connectivity index (χ1) is 13.3. The lowest BCUT2D eigenvalue weighted by atomic mass is 9.73. The number of allylic oxidation sites excluding steroid dienone is 1. The van der Waals surface area contributed by atoms with Crippen LogP contribution in [-0.4, -0.2) is 16.7 Å². The molecule has 6 heteroatoms. The SMILES string of the molecule is CC(=O)N1c2ccncc2NC2=C(C(=O)CC(C)(C)C2)C1c1ccc(Cl)cc1. The summed E-state index contributed by atoms with van der Waals surface area (Å²) in [5.41, 5.74) is 3.65. The summed E-state index contributed by atoms with van der Waals surface area (Å²) in [6.07, 6.45) is 4.52. The molecule has 2 aliphatic rings. The van der Waals surface area contributed by atoms with Gasteiger partial charge in [0.15, 0.2) is 5.78 Å². The molecule has 0 bridgehead atoms. The number of anilines is 2. The molecule has 28 heavy (non-hydrogen) atoms. The number of benzene rings is 1. The first-order valence-electron chi connectivity index (χ1n) is 9.29. The number of amides is 1. The van der Waals surface area contributed by atoms with Gasteiger partial charge in [-0.25, -0.2) is 0 Å². The first kappa shape index (κ1) is 18.7. The summed E-state index contributed by atoms with van der Waals surface area (Å²) in [5, 5.41) is 4.03. The third-order valence-electron chi connectivity index (χ3n) is 5.32. The molecular weight excluding hydrogens is 374 g/mol. The van der Waals surface area contributed by atoms with Gasteiger partial charge in [-0.1, -0.05) is 37.6 Å². The van der Waals surface area contributed by atoms with E-state index in [-0.39, 0.29) is 17.1 Å². The van der Waals surface area contributed by atoms with Crippen molar-refractivity contribution in [2.75, 3.05) is 10.2 Å². The zero-order valence-electron chi connectivity index (χ0n) is 16.1. The van der Waals surface area contributed by atoms with E-state index in [0.29, 0.717) is 22.7 Å². The number of ketones is 1. The van der Waals surface area contributed by atoms with E-state index in [2.05, 4.69) is 24.1 Å². The topological polar surface area (TPSA) is 62.3 Å². The molecule has 0 fully saturated rings. The molecule has 2 aromatic rings. The zero-order chi connectivity index (χ0) is 20.1. The molecule has 0 spiro atoms. The maximum Gasteiger partial charge on any atom is 0.224 e. The van der Waals surface area contributed by atoms with E-state index in [0.717, 1.165) is 23.4 Å². The minimum Gasteiger partial charge on any atom is -0.356 e. The molecule has 1 amide bonds. The van der Waals surface area contributed by atoms with Crippen LogP contribution < -0.4 is 10.2 Å². The molecule has 1 unspecified atom stereocenters. The number of pyridine rings is 1. The second kappa shape index (κ2) is 6.74. The molecule has 1 aliphatic carbocycles. The van der Waals surface area contributed by atoms with Gasteiger partial charge >= 0.3 is 0 Å². The number of Topliss-reactive ketones (excluding diaryl/α,β-unsaturated/α-hetero) is 1. The average molecular weight is 396 g/mol. The zero-order valence-corrected chi connectivity index (χ0v) is 16.9. The number of fused-ring (bicyclic) bond motifs is 1. The highest BCUT2D eigenvalue weighted by Crippen LogP contribution is 2.48. The number of hydrogen-bond donors (Lipinski definition) is 1. The van der Waals surface area contributed by atoms with Crippen LogP contribution in [0.5, 0.6) is 0 Å². The van der Waals surface area contributed by atoms with Crippen LogP contribution >= 0.6 is 11.6 Å². The molecule has 5 nitrogen and oxygen atoms in total. The van der Waals surface area contributed by atoms with E-state index in [9.17, 15) is 9.59 Å². The van der Waals surface area contributed by atoms with E-state index < -0.39 is 6.04 Å². The summed E-state index contributed by atoms with van der Waals surface area (Å²) in [4.78, 5) is 32.0. The Bertz CT molecular complexity index is 995. The van der Waals surface area contributed by atoms with Crippen molar-refractivity contribution in [3.8, 4) is 0 Å². The number of aromatic nitrogens is 1. The van der Waals surface area contributed by atoms with E-state index in [4.69, 9.17) is 11.6 Å². The highest BCUT2D eigenvalue weighted by atomic mass is 35.5. The Kier molecular flexibility index (Phi) is 4.50. The highest BCUT2D eigenvalue weighted by Gasteiger charge is 2.42. The fourth-order valence-corrected chi connectivity index (χ4v) is 4.33. The van der Waals surface area contributed by atoms with Crippen LogP contribution in [0.1, 0.15) is 45.2 Å². The molecule has 0 saturated carbocycles. The van der Waals surface area contributed by atoms with Crippen molar-refractivity contribution in [3.05, 3.63) is 64.6 Å². The van der Waals surface area contributed by atoms with Gasteiger partial charge in [0.2, 0.25) is 5.91 Å². The number of hydrogen-bond acceptors (Lipinski definition) is 4. The van der Waals surface area contributed by atoms with Crippen LogP contribution in [0.3, 0.4) is 0 Å². The van der Waals surface area contributed by atoms with Crippen LogP contribution in [0.4, 0.5) is 11.4 Å². The monoisotopic (exact) mass is 395 g/mol. The lowest BCUT2D eigenvalue weighted by molar-refractivity contribution is -0.118. The number of carbonyl (C=O) groups is 2. The minimum atomic E-state index is -0.510. The number of rotatable bonds is 1. The summed E-state index contributed by atoms with van der Waals surface area (Å²) in [6.45, 7) is 5.70. The van der Waals surface area contributed by atoms with Crippen molar-refractivity contribution in [3.63, 3.8) is 0 Å². The van der Waals surface area contributed by atoms with Gasteiger partial charge in [-0.05, 0) is 35.6 Å².